The first kappa shape index (κ1) is 20.5. The minimum absolute atomic E-state index is 0.213. The van der Waals surface area contributed by atoms with E-state index < -0.39 is 5.60 Å². The lowest BCUT2D eigenvalue weighted by molar-refractivity contribution is -0.137. The zero-order valence-corrected chi connectivity index (χ0v) is 17.2. The Balaban J connectivity index is 1.54. The molecule has 2 aliphatic heterocycles. The summed E-state index contributed by atoms with van der Waals surface area (Å²) >= 11 is 0. The summed E-state index contributed by atoms with van der Waals surface area (Å²) in [5.74, 6) is 1.24. The maximum absolute atomic E-state index is 12.9. The van der Waals surface area contributed by atoms with Crippen LogP contribution < -0.4 is 9.47 Å². The third kappa shape index (κ3) is 3.95. The lowest BCUT2D eigenvalue weighted by Gasteiger charge is -2.51. The molecule has 2 atom stereocenters. The molecule has 0 aromatic heterocycles. The van der Waals surface area contributed by atoms with Crippen molar-refractivity contribution in [2.75, 3.05) is 27.4 Å². The molecule has 2 aromatic rings. The summed E-state index contributed by atoms with van der Waals surface area (Å²) in [6, 6.07) is 14.4. The van der Waals surface area contributed by atoms with Crippen molar-refractivity contribution in [2.45, 2.75) is 37.1 Å². The van der Waals surface area contributed by atoms with Crippen LogP contribution in [-0.2, 0) is 21.7 Å². The second-order valence-corrected chi connectivity index (χ2v) is 7.80. The van der Waals surface area contributed by atoms with Gasteiger partial charge >= 0.3 is 6.09 Å². The van der Waals surface area contributed by atoms with Crippen molar-refractivity contribution in [3.8, 4) is 11.5 Å². The van der Waals surface area contributed by atoms with E-state index in [0.717, 1.165) is 5.56 Å². The fourth-order valence-corrected chi connectivity index (χ4v) is 4.47. The minimum atomic E-state index is -1.16. The van der Waals surface area contributed by atoms with Gasteiger partial charge in [-0.3, -0.25) is 4.90 Å². The number of aliphatic hydroxyl groups is 1. The molecule has 1 amide bonds. The van der Waals surface area contributed by atoms with E-state index in [4.69, 9.17) is 18.9 Å². The fourth-order valence-electron chi connectivity index (χ4n) is 4.47. The Bertz CT molecular complexity index is 873. The number of benzene rings is 2. The van der Waals surface area contributed by atoms with Gasteiger partial charge in [0.05, 0.1) is 45.1 Å². The maximum Gasteiger partial charge on any atom is 0.410 e. The Morgan fingerprint density at radius 1 is 1.10 bits per heavy atom. The zero-order valence-electron chi connectivity index (χ0n) is 17.2. The van der Waals surface area contributed by atoms with Gasteiger partial charge in [0.25, 0.3) is 0 Å². The molecular weight excluding hydrogens is 386 g/mol. The summed E-state index contributed by atoms with van der Waals surface area (Å²) in [5.41, 5.74) is 0.440. The molecule has 7 heteroatoms. The SMILES string of the molecule is COc1ccc(OC)c(C2(O)CC3COCC(C2)N3C(=O)OCc2ccccc2)c1. The third-order valence-corrected chi connectivity index (χ3v) is 5.88. The molecule has 0 spiro atoms. The van der Waals surface area contributed by atoms with Gasteiger partial charge in [0, 0.05) is 18.4 Å². The quantitative estimate of drug-likeness (QED) is 0.812. The van der Waals surface area contributed by atoms with Crippen molar-refractivity contribution in [1.82, 2.24) is 4.90 Å². The normalized spacial score (nSPS) is 25.5. The summed E-state index contributed by atoms with van der Waals surface area (Å²) < 4.78 is 22.1. The molecule has 2 unspecified atom stereocenters. The molecule has 2 bridgehead atoms. The van der Waals surface area contributed by atoms with Crippen LogP contribution in [0.25, 0.3) is 0 Å². The highest BCUT2D eigenvalue weighted by Crippen LogP contribution is 2.45. The van der Waals surface area contributed by atoms with Crippen LogP contribution in [0.5, 0.6) is 11.5 Å². The van der Waals surface area contributed by atoms with Gasteiger partial charge in [-0.15, -0.1) is 0 Å². The Morgan fingerprint density at radius 3 is 2.43 bits per heavy atom. The van der Waals surface area contributed by atoms with Crippen LogP contribution >= 0.6 is 0 Å². The lowest BCUT2D eigenvalue weighted by Crippen LogP contribution is -2.62. The zero-order chi connectivity index (χ0) is 21.1. The van der Waals surface area contributed by atoms with Crippen molar-refractivity contribution < 1.29 is 28.8 Å². The summed E-state index contributed by atoms with van der Waals surface area (Å²) in [4.78, 5) is 14.6. The van der Waals surface area contributed by atoms with E-state index in [1.165, 1.54) is 0 Å². The standard InChI is InChI=1S/C23H27NO6/c1-27-19-8-9-21(28-2)20(10-19)23(26)11-17-14-29-15-18(12-23)24(17)22(25)30-13-16-6-4-3-5-7-16/h3-10,17-18,26H,11-15H2,1-2H3. The van der Waals surface area contributed by atoms with Crippen LogP contribution in [0.4, 0.5) is 4.79 Å². The van der Waals surface area contributed by atoms with Crippen LogP contribution in [0, 0.1) is 0 Å². The number of piperidine rings is 1. The van der Waals surface area contributed by atoms with Crippen molar-refractivity contribution in [3.05, 3.63) is 59.7 Å². The Labute approximate surface area is 176 Å². The molecule has 2 saturated heterocycles. The predicted molar refractivity (Wildman–Crippen MR) is 110 cm³/mol. The van der Waals surface area contributed by atoms with Gasteiger partial charge in [0.2, 0.25) is 0 Å². The first-order valence-corrected chi connectivity index (χ1v) is 10.1. The summed E-state index contributed by atoms with van der Waals surface area (Å²) in [7, 11) is 3.16. The maximum atomic E-state index is 12.9. The van der Waals surface area contributed by atoms with E-state index in [1.807, 2.05) is 30.3 Å². The van der Waals surface area contributed by atoms with Gasteiger partial charge in [0.15, 0.2) is 0 Å². The van der Waals surface area contributed by atoms with Gasteiger partial charge in [-0.2, -0.15) is 0 Å². The average Bonchev–Trinajstić information content (AvgIpc) is 2.77. The average molecular weight is 413 g/mol. The van der Waals surface area contributed by atoms with Crippen molar-refractivity contribution in [2.24, 2.45) is 0 Å². The smallest absolute Gasteiger partial charge is 0.410 e. The molecule has 7 nitrogen and oxygen atoms in total. The van der Waals surface area contributed by atoms with Crippen LogP contribution in [0.1, 0.15) is 24.0 Å². The number of hydrogen-bond donors (Lipinski definition) is 1. The largest absolute Gasteiger partial charge is 0.497 e. The van der Waals surface area contributed by atoms with Gasteiger partial charge in [-0.25, -0.2) is 4.79 Å². The number of ether oxygens (including phenoxy) is 4. The molecule has 0 radical (unpaired) electrons. The summed E-state index contributed by atoms with van der Waals surface area (Å²) in [6.45, 7) is 0.918. The Hall–Kier alpha value is -2.77. The molecule has 30 heavy (non-hydrogen) atoms. The van der Waals surface area contributed by atoms with Crippen LogP contribution in [0.15, 0.2) is 48.5 Å². The molecule has 2 fully saturated rings. The van der Waals surface area contributed by atoms with E-state index in [1.54, 1.807) is 37.3 Å². The summed E-state index contributed by atoms with van der Waals surface area (Å²) in [5, 5.41) is 11.6. The molecule has 160 valence electrons. The highest BCUT2D eigenvalue weighted by Gasteiger charge is 2.50. The third-order valence-electron chi connectivity index (χ3n) is 5.88. The lowest BCUT2D eigenvalue weighted by atomic mass is 9.76. The molecule has 2 aromatic carbocycles. The van der Waals surface area contributed by atoms with Gasteiger partial charge in [-0.05, 0) is 23.8 Å². The van der Waals surface area contributed by atoms with Gasteiger partial charge in [0.1, 0.15) is 18.1 Å². The molecule has 1 N–H and O–H groups in total. The van der Waals surface area contributed by atoms with Crippen molar-refractivity contribution in [3.63, 3.8) is 0 Å². The van der Waals surface area contributed by atoms with Gasteiger partial charge < -0.3 is 24.1 Å². The predicted octanol–water partition coefficient (Wildman–Crippen LogP) is 3.09. The van der Waals surface area contributed by atoms with Crippen LogP contribution in [0.2, 0.25) is 0 Å². The number of nitrogens with zero attached hydrogens (tertiary/aromatic N) is 1. The van der Waals surface area contributed by atoms with Crippen molar-refractivity contribution >= 4 is 6.09 Å². The first-order valence-electron chi connectivity index (χ1n) is 10.1. The van der Waals surface area contributed by atoms with E-state index in [-0.39, 0.29) is 24.8 Å². The molecule has 0 aliphatic carbocycles. The number of hydrogen-bond acceptors (Lipinski definition) is 6. The Kier molecular flexibility index (Phi) is 5.83. The molecule has 2 aliphatic rings. The number of amides is 1. The number of rotatable bonds is 5. The van der Waals surface area contributed by atoms with Gasteiger partial charge in [-0.1, -0.05) is 30.3 Å². The summed E-state index contributed by atoms with van der Waals surface area (Å²) in [6.07, 6.45) is 0.276. The van der Waals surface area contributed by atoms with E-state index in [2.05, 4.69) is 0 Å². The number of methoxy groups -OCH3 is 2. The van der Waals surface area contributed by atoms with E-state index in [0.29, 0.717) is 43.1 Å². The van der Waals surface area contributed by atoms with E-state index in [9.17, 15) is 9.90 Å². The Morgan fingerprint density at radius 2 is 1.80 bits per heavy atom. The fraction of sp³-hybridized carbons (Fsp3) is 0.435. The number of carbonyl (C=O) groups is 1. The monoisotopic (exact) mass is 413 g/mol. The molecule has 2 heterocycles. The molecule has 0 saturated carbocycles. The number of fused-ring (bicyclic) bond motifs is 2. The highest BCUT2D eigenvalue weighted by molar-refractivity contribution is 5.69. The minimum Gasteiger partial charge on any atom is -0.497 e. The van der Waals surface area contributed by atoms with E-state index >= 15 is 0 Å². The van der Waals surface area contributed by atoms with Crippen molar-refractivity contribution in [1.29, 1.82) is 0 Å². The second-order valence-electron chi connectivity index (χ2n) is 7.80. The molecule has 4 rings (SSSR count). The number of carbonyl (C=O) groups excluding carboxylic acids is 1. The first-order chi connectivity index (χ1) is 14.5. The second kappa shape index (κ2) is 8.53. The highest BCUT2D eigenvalue weighted by atomic mass is 16.6. The van der Waals surface area contributed by atoms with Crippen LogP contribution in [0.3, 0.4) is 0 Å². The topological polar surface area (TPSA) is 77.5 Å². The number of morpholine rings is 1. The van der Waals surface area contributed by atoms with Crippen LogP contribution in [-0.4, -0.2) is 55.6 Å². The molecular formula is C23H27NO6.